The second kappa shape index (κ2) is 6.49. The molecule has 1 unspecified atom stereocenters. The van der Waals surface area contributed by atoms with Crippen LogP contribution in [-0.4, -0.2) is 20.7 Å². The van der Waals surface area contributed by atoms with Gasteiger partial charge in [-0.3, -0.25) is 5.01 Å². The first kappa shape index (κ1) is 15.0. The molecule has 1 aliphatic rings. The molecule has 4 nitrogen and oxygen atoms in total. The van der Waals surface area contributed by atoms with E-state index in [9.17, 15) is 4.39 Å². The van der Waals surface area contributed by atoms with Crippen molar-refractivity contribution in [3.05, 3.63) is 82.3 Å². The van der Waals surface area contributed by atoms with Gasteiger partial charge in [0.25, 0.3) is 0 Å². The summed E-state index contributed by atoms with van der Waals surface area (Å²) in [5, 5.41) is 10.8. The lowest BCUT2D eigenvalue weighted by molar-refractivity contribution is 0.222. The van der Waals surface area contributed by atoms with E-state index in [-0.39, 0.29) is 11.9 Å². The van der Waals surface area contributed by atoms with Crippen LogP contribution in [0.1, 0.15) is 29.4 Å². The maximum atomic E-state index is 14.0. The first-order valence-corrected chi connectivity index (χ1v) is 8.62. The van der Waals surface area contributed by atoms with Gasteiger partial charge in [0.2, 0.25) is 0 Å². The fourth-order valence-corrected chi connectivity index (χ4v) is 3.55. The van der Waals surface area contributed by atoms with Gasteiger partial charge in [0.15, 0.2) is 5.82 Å². The number of halogens is 1. The maximum Gasteiger partial charge on any atom is 0.175 e. The van der Waals surface area contributed by atoms with E-state index in [0.717, 1.165) is 12.1 Å². The summed E-state index contributed by atoms with van der Waals surface area (Å²) >= 11 is 1.65. The van der Waals surface area contributed by atoms with Crippen molar-refractivity contribution in [1.82, 2.24) is 15.0 Å². The molecule has 0 radical (unpaired) electrons. The lowest BCUT2D eigenvalue weighted by Gasteiger charge is -2.23. The third-order valence-corrected chi connectivity index (χ3v) is 4.74. The molecule has 0 bridgehead atoms. The molecule has 6 heteroatoms. The van der Waals surface area contributed by atoms with E-state index in [0.29, 0.717) is 17.9 Å². The van der Waals surface area contributed by atoms with Crippen molar-refractivity contribution < 1.29 is 4.39 Å². The van der Waals surface area contributed by atoms with Crippen LogP contribution in [0.2, 0.25) is 0 Å². The monoisotopic (exact) mass is 338 g/mol. The van der Waals surface area contributed by atoms with Crippen LogP contribution < -0.4 is 0 Å². The van der Waals surface area contributed by atoms with E-state index < -0.39 is 0 Å². The minimum atomic E-state index is -0.207. The summed E-state index contributed by atoms with van der Waals surface area (Å²) in [4.78, 5) is 8.59. The van der Waals surface area contributed by atoms with E-state index in [1.807, 2.05) is 16.5 Å². The quantitative estimate of drug-likeness (QED) is 0.721. The number of hydrogen-bond acceptors (Lipinski definition) is 5. The van der Waals surface area contributed by atoms with Crippen molar-refractivity contribution in [2.75, 3.05) is 0 Å². The van der Waals surface area contributed by atoms with Gasteiger partial charge < -0.3 is 0 Å². The molecule has 1 aliphatic heterocycles. The van der Waals surface area contributed by atoms with Crippen LogP contribution in [0.4, 0.5) is 4.39 Å². The average Bonchev–Trinajstić information content (AvgIpc) is 3.27. The van der Waals surface area contributed by atoms with E-state index in [1.165, 1.54) is 11.6 Å². The summed E-state index contributed by atoms with van der Waals surface area (Å²) in [6.07, 6.45) is 4.14. The lowest BCUT2D eigenvalue weighted by atomic mass is 10.0. The molecule has 1 aromatic carbocycles. The Hall–Kier alpha value is -2.60. The summed E-state index contributed by atoms with van der Waals surface area (Å²) in [6.45, 7) is 0.420. The largest absolute Gasteiger partial charge is 0.284 e. The maximum absolute atomic E-state index is 14.0. The Bertz CT molecular complexity index is 848. The molecule has 0 fully saturated rings. The molecular formula is C18H15FN4S. The zero-order chi connectivity index (χ0) is 16.4. The van der Waals surface area contributed by atoms with Crippen molar-refractivity contribution in [2.45, 2.75) is 19.0 Å². The Labute approximate surface area is 143 Å². The highest BCUT2D eigenvalue weighted by molar-refractivity contribution is 7.08. The number of rotatable bonds is 4. The molecule has 3 heterocycles. The van der Waals surface area contributed by atoms with E-state index in [1.54, 1.807) is 41.9 Å². The second-order valence-electron chi connectivity index (χ2n) is 5.58. The molecule has 0 amide bonds. The summed E-state index contributed by atoms with van der Waals surface area (Å²) in [5.74, 6) is 0.426. The van der Waals surface area contributed by atoms with Crippen LogP contribution in [0.15, 0.2) is 64.7 Å². The molecule has 24 heavy (non-hydrogen) atoms. The number of aromatic nitrogens is 2. The van der Waals surface area contributed by atoms with Crippen molar-refractivity contribution >= 4 is 17.0 Å². The molecule has 0 saturated carbocycles. The van der Waals surface area contributed by atoms with Gasteiger partial charge in [0, 0.05) is 24.4 Å². The predicted molar refractivity (Wildman–Crippen MR) is 92.2 cm³/mol. The molecule has 3 aromatic rings. The van der Waals surface area contributed by atoms with Crippen LogP contribution in [0.25, 0.3) is 0 Å². The van der Waals surface area contributed by atoms with Crippen molar-refractivity contribution in [3.8, 4) is 0 Å². The number of benzene rings is 1. The van der Waals surface area contributed by atoms with Crippen LogP contribution in [0.3, 0.4) is 0 Å². The van der Waals surface area contributed by atoms with Gasteiger partial charge in [0.05, 0.1) is 12.6 Å². The Morgan fingerprint density at radius 3 is 2.71 bits per heavy atom. The van der Waals surface area contributed by atoms with E-state index >= 15 is 0 Å². The van der Waals surface area contributed by atoms with Gasteiger partial charge in [-0.05, 0) is 34.5 Å². The fraction of sp³-hybridized carbons (Fsp3) is 0.167. The normalized spacial score (nSPS) is 17.1. The van der Waals surface area contributed by atoms with Crippen molar-refractivity contribution in [3.63, 3.8) is 0 Å². The molecule has 2 aromatic heterocycles. The highest BCUT2D eigenvalue weighted by Gasteiger charge is 2.30. The predicted octanol–water partition coefficient (Wildman–Crippen LogP) is 4.03. The van der Waals surface area contributed by atoms with Crippen molar-refractivity contribution in [2.24, 2.45) is 5.10 Å². The molecular weight excluding hydrogens is 323 g/mol. The standard InChI is InChI=1S/C18H15FN4S/c19-15-5-2-1-4-13(15)11-23-17(14-6-9-24-12-14)10-16(22-23)18-20-7-3-8-21-18/h1-9,12,17H,10-11H2. The van der Waals surface area contributed by atoms with Crippen molar-refractivity contribution in [1.29, 1.82) is 0 Å². The van der Waals surface area contributed by atoms with Crippen LogP contribution >= 0.6 is 11.3 Å². The topological polar surface area (TPSA) is 41.4 Å². The van der Waals surface area contributed by atoms with E-state index in [2.05, 4.69) is 21.4 Å². The van der Waals surface area contributed by atoms with Crippen LogP contribution in [0.5, 0.6) is 0 Å². The molecule has 120 valence electrons. The SMILES string of the molecule is Fc1ccccc1CN1N=C(c2ncccn2)CC1c1ccsc1. The molecule has 0 spiro atoms. The van der Waals surface area contributed by atoms with Gasteiger partial charge in [0.1, 0.15) is 11.5 Å². The molecule has 0 aliphatic carbocycles. The van der Waals surface area contributed by atoms with Gasteiger partial charge in [-0.1, -0.05) is 18.2 Å². The molecule has 0 saturated heterocycles. The Kier molecular flexibility index (Phi) is 4.04. The van der Waals surface area contributed by atoms with Gasteiger partial charge >= 0.3 is 0 Å². The first-order chi connectivity index (χ1) is 11.8. The number of nitrogens with zero attached hydrogens (tertiary/aromatic N) is 4. The number of hydrazone groups is 1. The van der Waals surface area contributed by atoms with E-state index in [4.69, 9.17) is 5.10 Å². The fourth-order valence-electron chi connectivity index (χ4n) is 2.84. The summed E-state index contributed by atoms with van der Waals surface area (Å²) in [5.41, 5.74) is 2.66. The minimum absolute atomic E-state index is 0.0784. The molecule has 0 N–H and O–H groups in total. The molecule has 1 atom stereocenters. The third-order valence-electron chi connectivity index (χ3n) is 4.04. The Balaban J connectivity index is 1.67. The zero-order valence-electron chi connectivity index (χ0n) is 12.8. The van der Waals surface area contributed by atoms with Crippen LogP contribution in [-0.2, 0) is 6.54 Å². The van der Waals surface area contributed by atoms with Gasteiger partial charge in [-0.15, -0.1) is 0 Å². The Morgan fingerprint density at radius 2 is 1.96 bits per heavy atom. The zero-order valence-corrected chi connectivity index (χ0v) is 13.7. The van der Waals surface area contributed by atoms with Gasteiger partial charge in [-0.25, -0.2) is 14.4 Å². The Morgan fingerprint density at radius 1 is 1.12 bits per heavy atom. The smallest absolute Gasteiger partial charge is 0.175 e. The average molecular weight is 338 g/mol. The second-order valence-corrected chi connectivity index (χ2v) is 6.36. The third kappa shape index (κ3) is 2.92. The summed E-state index contributed by atoms with van der Waals surface area (Å²) < 4.78 is 14.0. The van der Waals surface area contributed by atoms with Gasteiger partial charge in [-0.2, -0.15) is 16.4 Å². The summed E-state index contributed by atoms with van der Waals surface area (Å²) in [7, 11) is 0. The first-order valence-electron chi connectivity index (χ1n) is 7.68. The summed E-state index contributed by atoms with van der Waals surface area (Å²) in [6, 6.07) is 10.8. The minimum Gasteiger partial charge on any atom is -0.284 e. The van der Waals surface area contributed by atoms with Crippen LogP contribution in [0, 0.1) is 5.82 Å². The highest BCUT2D eigenvalue weighted by atomic mass is 32.1. The number of hydrogen-bond donors (Lipinski definition) is 0. The lowest BCUT2D eigenvalue weighted by Crippen LogP contribution is -2.19. The highest BCUT2D eigenvalue weighted by Crippen LogP contribution is 2.34. The molecule has 4 rings (SSSR count). The number of thiophene rings is 1.